The monoisotopic (exact) mass is 493 g/mol. The number of ether oxygens (including phenoxy) is 2. The molecule has 9 heteroatoms. The van der Waals surface area contributed by atoms with Crippen molar-refractivity contribution in [2.45, 2.75) is 33.0 Å². The topological polar surface area (TPSA) is 91.6 Å². The van der Waals surface area contributed by atoms with E-state index in [4.69, 9.17) is 9.47 Å². The van der Waals surface area contributed by atoms with Crippen molar-refractivity contribution in [1.82, 2.24) is 14.5 Å². The van der Waals surface area contributed by atoms with Gasteiger partial charge in [0.1, 0.15) is 22.7 Å². The van der Waals surface area contributed by atoms with Gasteiger partial charge >= 0.3 is 5.69 Å². The number of nitrogens with one attached hydrogen (secondary N) is 1. The van der Waals surface area contributed by atoms with E-state index in [9.17, 15) is 14.4 Å². The van der Waals surface area contributed by atoms with Crippen LogP contribution in [0, 0.1) is 0 Å². The smallest absolute Gasteiger partial charge is 0.332 e. The molecule has 1 amide bonds. The summed E-state index contributed by atoms with van der Waals surface area (Å²) in [4.78, 5) is 39.3. The first kappa shape index (κ1) is 24.3. The van der Waals surface area contributed by atoms with Crippen LogP contribution < -0.4 is 26.0 Å². The number of hydrogen-bond donors (Lipinski definition) is 1. The third-order valence-corrected chi connectivity index (χ3v) is 6.60. The Morgan fingerprint density at radius 1 is 1.00 bits per heavy atom. The molecule has 4 aromatic rings. The van der Waals surface area contributed by atoms with Gasteiger partial charge in [0, 0.05) is 0 Å². The van der Waals surface area contributed by atoms with Gasteiger partial charge in [-0.25, -0.2) is 4.79 Å². The quantitative estimate of drug-likeness (QED) is 0.385. The van der Waals surface area contributed by atoms with E-state index in [-0.39, 0.29) is 30.6 Å². The second kappa shape index (κ2) is 10.6. The molecule has 0 aliphatic rings. The summed E-state index contributed by atoms with van der Waals surface area (Å²) in [5.74, 6) is 1.13. The molecule has 0 saturated heterocycles. The zero-order valence-corrected chi connectivity index (χ0v) is 20.6. The normalized spacial score (nSPS) is 11.9. The molecule has 2 aromatic carbocycles. The molecule has 2 aromatic heterocycles. The van der Waals surface area contributed by atoms with Gasteiger partial charge in [0.05, 0.1) is 31.8 Å². The maximum absolute atomic E-state index is 13.3. The van der Waals surface area contributed by atoms with Gasteiger partial charge in [0.25, 0.3) is 5.56 Å². The molecule has 0 spiro atoms. The van der Waals surface area contributed by atoms with Gasteiger partial charge in [-0.1, -0.05) is 24.3 Å². The fraction of sp³-hybridized carbons (Fsp3) is 0.269. The van der Waals surface area contributed by atoms with Crippen LogP contribution in [-0.4, -0.2) is 28.8 Å². The van der Waals surface area contributed by atoms with E-state index >= 15 is 0 Å². The predicted octanol–water partition coefficient (Wildman–Crippen LogP) is 3.56. The van der Waals surface area contributed by atoms with Gasteiger partial charge in [-0.15, -0.1) is 11.3 Å². The summed E-state index contributed by atoms with van der Waals surface area (Å²) >= 11 is 1.26. The second-order valence-corrected chi connectivity index (χ2v) is 8.95. The molecule has 35 heavy (non-hydrogen) atoms. The number of carbonyl (C=O) groups excluding carboxylic acids is 1. The maximum Gasteiger partial charge on any atom is 0.332 e. The first-order chi connectivity index (χ1) is 16.9. The zero-order valence-electron chi connectivity index (χ0n) is 19.8. The van der Waals surface area contributed by atoms with Crippen molar-refractivity contribution < 1.29 is 14.3 Å². The van der Waals surface area contributed by atoms with E-state index < -0.39 is 5.69 Å². The Bertz CT molecular complexity index is 1440. The average molecular weight is 494 g/mol. The van der Waals surface area contributed by atoms with Gasteiger partial charge in [-0.3, -0.25) is 18.7 Å². The molecule has 8 nitrogen and oxygen atoms in total. The van der Waals surface area contributed by atoms with Crippen LogP contribution in [0.25, 0.3) is 10.2 Å². The number of rotatable bonds is 9. The maximum atomic E-state index is 13.3. The number of aromatic nitrogens is 2. The van der Waals surface area contributed by atoms with Crippen LogP contribution in [0.5, 0.6) is 11.5 Å². The van der Waals surface area contributed by atoms with Crippen LogP contribution in [-0.2, 0) is 17.9 Å². The minimum absolute atomic E-state index is 0.0990. The number of benzene rings is 2. The molecule has 0 saturated carbocycles. The lowest BCUT2D eigenvalue weighted by Crippen LogP contribution is -2.42. The highest BCUT2D eigenvalue weighted by atomic mass is 32.1. The van der Waals surface area contributed by atoms with Crippen molar-refractivity contribution in [3.05, 3.63) is 91.9 Å². The van der Waals surface area contributed by atoms with Crippen LogP contribution >= 0.6 is 11.3 Å². The van der Waals surface area contributed by atoms with Crippen LogP contribution in [0.3, 0.4) is 0 Å². The Hall–Kier alpha value is -3.85. The van der Waals surface area contributed by atoms with Crippen molar-refractivity contribution >= 4 is 27.5 Å². The Labute approximate surface area is 206 Å². The molecule has 0 aliphatic carbocycles. The largest absolute Gasteiger partial charge is 0.497 e. The van der Waals surface area contributed by atoms with Gasteiger partial charge in [0.2, 0.25) is 5.91 Å². The minimum Gasteiger partial charge on any atom is -0.497 e. The number of fused-ring (bicyclic) bond motifs is 1. The molecular formula is C26H27N3O5S. The predicted molar refractivity (Wildman–Crippen MR) is 137 cm³/mol. The lowest BCUT2D eigenvalue weighted by Gasteiger charge is -2.17. The third kappa shape index (κ3) is 5.30. The van der Waals surface area contributed by atoms with E-state index in [1.54, 1.807) is 30.7 Å². The van der Waals surface area contributed by atoms with Gasteiger partial charge < -0.3 is 14.8 Å². The Balaban J connectivity index is 1.59. The lowest BCUT2D eigenvalue weighted by atomic mass is 10.1. The summed E-state index contributed by atoms with van der Waals surface area (Å²) in [6, 6.07) is 16.1. The summed E-state index contributed by atoms with van der Waals surface area (Å²) < 4.78 is 13.6. The van der Waals surface area contributed by atoms with E-state index in [2.05, 4.69) is 5.32 Å². The van der Waals surface area contributed by atoms with E-state index in [1.165, 1.54) is 20.5 Å². The first-order valence-electron chi connectivity index (χ1n) is 11.3. The van der Waals surface area contributed by atoms with Crippen molar-refractivity contribution in [3.63, 3.8) is 0 Å². The second-order valence-electron chi connectivity index (χ2n) is 8.03. The van der Waals surface area contributed by atoms with E-state index in [1.807, 2.05) is 50.2 Å². The van der Waals surface area contributed by atoms with Crippen molar-refractivity contribution in [1.29, 1.82) is 0 Å². The molecule has 0 aliphatic heterocycles. The summed E-state index contributed by atoms with van der Waals surface area (Å²) in [7, 11) is 1.60. The van der Waals surface area contributed by atoms with Crippen molar-refractivity contribution in [2.75, 3.05) is 13.7 Å². The number of amides is 1. The molecule has 2 heterocycles. The number of hydrogen-bond acceptors (Lipinski definition) is 6. The SMILES string of the molecule is CCOc1ccc(Cn2c(=O)c3sccc3n(CC(=O)NC(C)c3ccc(OC)cc3)c2=O)cc1. The minimum atomic E-state index is -0.526. The summed E-state index contributed by atoms with van der Waals surface area (Å²) in [6.07, 6.45) is 0. The van der Waals surface area contributed by atoms with E-state index in [0.717, 1.165) is 22.6 Å². The number of carbonyl (C=O) groups is 1. The molecule has 182 valence electrons. The van der Waals surface area contributed by atoms with Crippen molar-refractivity contribution in [2.24, 2.45) is 0 Å². The summed E-state index contributed by atoms with van der Waals surface area (Å²) in [6.45, 7) is 4.23. The fourth-order valence-electron chi connectivity index (χ4n) is 3.87. The zero-order chi connectivity index (χ0) is 24.9. The number of nitrogens with zero attached hydrogens (tertiary/aromatic N) is 2. The molecule has 4 rings (SSSR count). The lowest BCUT2D eigenvalue weighted by molar-refractivity contribution is -0.122. The number of methoxy groups -OCH3 is 1. The third-order valence-electron chi connectivity index (χ3n) is 5.71. The summed E-state index contributed by atoms with van der Waals surface area (Å²) in [5.41, 5.74) is 1.26. The molecule has 0 fully saturated rings. The van der Waals surface area contributed by atoms with Gasteiger partial charge in [-0.05, 0) is 60.7 Å². The van der Waals surface area contributed by atoms with E-state index in [0.29, 0.717) is 16.8 Å². The highest BCUT2D eigenvalue weighted by Gasteiger charge is 2.18. The highest BCUT2D eigenvalue weighted by Crippen LogP contribution is 2.19. The number of thiophene rings is 1. The van der Waals surface area contributed by atoms with Crippen LogP contribution in [0.2, 0.25) is 0 Å². The Kier molecular flexibility index (Phi) is 7.36. The molecular weight excluding hydrogens is 466 g/mol. The molecule has 1 N–H and O–H groups in total. The van der Waals surface area contributed by atoms with Gasteiger partial charge in [0.15, 0.2) is 0 Å². The molecule has 1 unspecified atom stereocenters. The van der Waals surface area contributed by atoms with Crippen LogP contribution in [0.4, 0.5) is 0 Å². The standard InChI is InChI=1S/C26H27N3O5S/c1-4-34-21-9-5-18(6-10-21)15-29-25(31)24-22(13-14-35-24)28(26(29)32)16-23(30)27-17(2)19-7-11-20(33-3)12-8-19/h5-14,17H,4,15-16H2,1-3H3,(H,27,30). The van der Waals surface area contributed by atoms with Crippen LogP contribution in [0.1, 0.15) is 31.0 Å². The average Bonchev–Trinajstić information content (AvgIpc) is 3.36. The fourth-order valence-corrected chi connectivity index (χ4v) is 4.72. The molecule has 1 atom stereocenters. The highest BCUT2D eigenvalue weighted by molar-refractivity contribution is 7.17. The van der Waals surface area contributed by atoms with Crippen molar-refractivity contribution in [3.8, 4) is 11.5 Å². The Morgan fingerprint density at radius 2 is 1.69 bits per heavy atom. The van der Waals surface area contributed by atoms with Crippen LogP contribution in [0.15, 0.2) is 69.6 Å². The Morgan fingerprint density at radius 3 is 2.34 bits per heavy atom. The first-order valence-corrected chi connectivity index (χ1v) is 12.1. The van der Waals surface area contributed by atoms with Gasteiger partial charge in [-0.2, -0.15) is 0 Å². The summed E-state index contributed by atoms with van der Waals surface area (Å²) in [5, 5.41) is 4.68. The molecule has 0 radical (unpaired) electrons. The molecule has 0 bridgehead atoms.